The van der Waals surface area contributed by atoms with Crippen LogP contribution in [0, 0.1) is 0 Å². The van der Waals surface area contributed by atoms with E-state index in [9.17, 15) is 36.7 Å². The zero-order valence-corrected chi connectivity index (χ0v) is 24.7. The molecule has 3 aromatic carbocycles. The van der Waals surface area contributed by atoms with E-state index in [0.717, 1.165) is 25.2 Å². The number of urea groups is 1. The second-order valence-corrected chi connectivity index (χ2v) is 12.8. The minimum atomic E-state index is -4.12. The monoisotopic (exact) mass is 629 g/mol. The molecule has 1 saturated carbocycles. The van der Waals surface area contributed by atoms with Crippen LogP contribution < -0.4 is 15.5 Å². The molecule has 4 rings (SSSR count). The van der Waals surface area contributed by atoms with Gasteiger partial charge in [-0.2, -0.15) is 8.78 Å². The van der Waals surface area contributed by atoms with Crippen molar-refractivity contribution in [2.75, 3.05) is 23.0 Å². The zero-order valence-electron chi connectivity index (χ0n) is 23.9. The summed E-state index contributed by atoms with van der Waals surface area (Å²) in [6, 6.07) is 16.5. The Morgan fingerprint density at radius 2 is 1.59 bits per heavy atom. The van der Waals surface area contributed by atoms with Crippen molar-refractivity contribution in [3.05, 3.63) is 83.4 Å². The van der Waals surface area contributed by atoms with Crippen LogP contribution in [-0.2, 0) is 21.2 Å². The molecule has 4 N–H and O–H groups in total. The number of carboxylic acids is 1. The van der Waals surface area contributed by atoms with Gasteiger partial charge in [0, 0.05) is 23.2 Å². The first-order valence-electron chi connectivity index (χ1n) is 13.9. The van der Waals surface area contributed by atoms with Crippen molar-refractivity contribution >= 4 is 39.1 Å². The van der Waals surface area contributed by atoms with E-state index in [1.807, 2.05) is 29.6 Å². The number of hydrogen-bond donors (Lipinski definition) is 4. The first-order chi connectivity index (χ1) is 20.7. The Morgan fingerprint density at radius 1 is 0.955 bits per heavy atom. The lowest BCUT2D eigenvalue weighted by molar-refractivity contribution is -0.163. The molecule has 0 radical (unpaired) electrons. The largest absolute Gasteiger partial charge is 0.507 e. The number of carboxylic acid groups (broad SMARTS) is 1. The average Bonchev–Trinajstić information content (AvgIpc) is 3.00. The Morgan fingerprint density at radius 3 is 2.18 bits per heavy atom. The molecule has 0 aromatic heterocycles. The van der Waals surface area contributed by atoms with Crippen LogP contribution in [0.3, 0.4) is 0 Å². The molecule has 0 heterocycles. The summed E-state index contributed by atoms with van der Waals surface area (Å²) in [5, 5.41) is 23.1. The summed E-state index contributed by atoms with van der Waals surface area (Å²) in [5.41, 5.74) is 2.45. The Labute approximate surface area is 253 Å². The van der Waals surface area contributed by atoms with Gasteiger partial charge in [0.1, 0.15) is 10.6 Å². The van der Waals surface area contributed by atoms with Crippen LogP contribution >= 0.6 is 0 Å². The lowest BCUT2D eigenvalue weighted by Gasteiger charge is -2.26. The summed E-state index contributed by atoms with van der Waals surface area (Å²) in [4.78, 5) is 37.6. The summed E-state index contributed by atoms with van der Waals surface area (Å²) in [6.45, 7) is -1.35. The normalized spacial score (nSPS) is 14.1. The molecule has 10 nitrogen and oxygen atoms in total. The molecule has 234 valence electrons. The summed E-state index contributed by atoms with van der Waals surface area (Å²) in [7, 11) is -3.77. The second-order valence-electron chi connectivity index (χ2n) is 10.8. The summed E-state index contributed by atoms with van der Waals surface area (Å²) in [6.07, 6.45) is 6.69. The van der Waals surface area contributed by atoms with Gasteiger partial charge < -0.3 is 20.8 Å². The minimum Gasteiger partial charge on any atom is -0.507 e. The number of anilines is 2. The van der Waals surface area contributed by atoms with Crippen molar-refractivity contribution in [3.63, 3.8) is 0 Å². The fourth-order valence-electron chi connectivity index (χ4n) is 5.04. The van der Waals surface area contributed by atoms with E-state index in [1.54, 1.807) is 0 Å². The number of nitrogens with one attached hydrogen (secondary N) is 2. The summed E-state index contributed by atoms with van der Waals surface area (Å²) < 4.78 is 50.9. The molecule has 0 spiro atoms. The number of halogens is 2. The van der Waals surface area contributed by atoms with E-state index >= 15 is 0 Å². The van der Waals surface area contributed by atoms with Crippen LogP contribution in [-0.4, -0.2) is 55.3 Å². The van der Waals surface area contributed by atoms with Crippen molar-refractivity contribution in [3.8, 4) is 5.75 Å². The first-order valence-corrected chi connectivity index (χ1v) is 15.8. The van der Waals surface area contributed by atoms with E-state index in [0.29, 0.717) is 17.2 Å². The van der Waals surface area contributed by atoms with Crippen LogP contribution in [0.2, 0.25) is 0 Å². The number of nitrogens with zero attached hydrogens (tertiary/aromatic N) is 1. The molecule has 1 fully saturated rings. The second kappa shape index (κ2) is 13.4. The summed E-state index contributed by atoms with van der Waals surface area (Å²) in [5.74, 6) is -7.36. The predicted octanol–water partition coefficient (Wildman–Crippen LogP) is 5.53. The predicted molar refractivity (Wildman–Crippen MR) is 160 cm³/mol. The fourth-order valence-corrected chi connectivity index (χ4v) is 5.82. The van der Waals surface area contributed by atoms with Gasteiger partial charge >= 0.3 is 17.9 Å². The van der Waals surface area contributed by atoms with E-state index in [-0.39, 0.29) is 22.7 Å². The Balaban J connectivity index is 1.56. The Hall–Kier alpha value is -4.52. The number of phenolic OH excluding ortho intramolecular Hbond substituents is 1. The molecule has 3 aromatic rings. The molecule has 0 atom stereocenters. The third kappa shape index (κ3) is 8.10. The molecule has 44 heavy (non-hydrogen) atoms. The average molecular weight is 630 g/mol. The first kappa shape index (κ1) is 32.4. The number of benzene rings is 3. The zero-order chi connectivity index (χ0) is 32.1. The molecule has 1 aliphatic carbocycles. The lowest BCUT2D eigenvalue weighted by Crippen LogP contribution is -2.42. The fraction of sp³-hybridized carbons (Fsp3) is 0.323. The maximum absolute atomic E-state index is 13.6. The van der Waals surface area contributed by atoms with Gasteiger partial charge in [0.15, 0.2) is 9.84 Å². The number of rotatable bonds is 10. The van der Waals surface area contributed by atoms with Crippen LogP contribution in [0.1, 0.15) is 59.5 Å². The van der Waals surface area contributed by atoms with Crippen LogP contribution in [0.15, 0.2) is 71.6 Å². The van der Waals surface area contributed by atoms with Gasteiger partial charge in [-0.1, -0.05) is 43.5 Å². The molecule has 0 unspecified atom stereocenters. The van der Waals surface area contributed by atoms with E-state index < -0.39 is 46.0 Å². The maximum atomic E-state index is 13.6. The van der Waals surface area contributed by atoms with Gasteiger partial charge in [0.25, 0.3) is 5.91 Å². The Kier molecular flexibility index (Phi) is 9.88. The number of alkyl halides is 2. The van der Waals surface area contributed by atoms with Gasteiger partial charge in [-0.05, 0) is 72.4 Å². The molecule has 0 bridgehead atoms. The van der Waals surface area contributed by atoms with Gasteiger partial charge in [-0.25, -0.2) is 18.0 Å². The highest BCUT2D eigenvalue weighted by Gasteiger charge is 2.39. The quantitative estimate of drug-likeness (QED) is 0.215. The van der Waals surface area contributed by atoms with Gasteiger partial charge in [-0.3, -0.25) is 9.69 Å². The highest BCUT2D eigenvalue weighted by molar-refractivity contribution is 7.90. The van der Waals surface area contributed by atoms with Crippen molar-refractivity contribution in [2.45, 2.75) is 55.4 Å². The van der Waals surface area contributed by atoms with Gasteiger partial charge in [0.05, 0.1) is 13.1 Å². The highest BCUT2D eigenvalue weighted by atomic mass is 32.2. The van der Waals surface area contributed by atoms with Crippen LogP contribution in [0.25, 0.3) is 0 Å². The standard InChI is InChI=1S/C31H33F2N3O7S/c1-44(42,43)27-17-24(13-16-26(27)37)35-30(41)36(25-14-11-22(12-15-25)21-5-3-2-4-6-21)18-20-7-9-23(10-8-20)28(38)34-19-31(32,33)29(39)40/h7-17,21,37H,2-6,18-19H2,1H3,(H,34,38)(H,35,41)(H,39,40). The van der Waals surface area contributed by atoms with Crippen LogP contribution in [0.4, 0.5) is 25.0 Å². The molecule has 13 heteroatoms. The molecular weight excluding hydrogens is 596 g/mol. The molecular formula is C31H33F2N3O7S. The molecule has 3 amide bonds. The third-order valence-corrected chi connectivity index (χ3v) is 8.60. The van der Waals surface area contributed by atoms with Crippen LogP contribution in [0.5, 0.6) is 5.75 Å². The van der Waals surface area contributed by atoms with Crippen molar-refractivity contribution in [1.82, 2.24) is 5.32 Å². The lowest BCUT2D eigenvalue weighted by atomic mass is 9.84. The number of aliphatic carboxylic acids is 1. The molecule has 0 saturated heterocycles. The van der Waals surface area contributed by atoms with E-state index in [4.69, 9.17) is 5.11 Å². The van der Waals surface area contributed by atoms with E-state index in [1.165, 1.54) is 66.1 Å². The number of carbonyl (C=O) groups is 3. The minimum absolute atomic E-state index is 0.0140. The topological polar surface area (TPSA) is 153 Å². The van der Waals surface area contributed by atoms with E-state index in [2.05, 4.69) is 5.32 Å². The number of amides is 3. The number of phenols is 1. The van der Waals surface area contributed by atoms with Crippen molar-refractivity contribution in [1.29, 1.82) is 0 Å². The molecule has 0 aliphatic heterocycles. The number of carbonyl (C=O) groups excluding carboxylic acids is 2. The maximum Gasteiger partial charge on any atom is 0.376 e. The number of sulfone groups is 1. The highest BCUT2D eigenvalue weighted by Crippen LogP contribution is 2.34. The third-order valence-electron chi connectivity index (χ3n) is 7.48. The number of hydrogen-bond acceptors (Lipinski definition) is 6. The Bertz CT molecular complexity index is 1620. The van der Waals surface area contributed by atoms with Crippen molar-refractivity contribution < 1.29 is 41.8 Å². The van der Waals surface area contributed by atoms with Gasteiger partial charge in [-0.15, -0.1) is 0 Å². The number of aromatic hydroxyl groups is 1. The SMILES string of the molecule is CS(=O)(=O)c1cc(NC(=O)N(Cc2ccc(C(=O)NCC(F)(F)C(=O)O)cc2)c2ccc(C3CCCCC3)cc2)ccc1O. The van der Waals surface area contributed by atoms with Crippen molar-refractivity contribution in [2.24, 2.45) is 0 Å². The smallest absolute Gasteiger partial charge is 0.376 e. The summed E-state index contributed by atoms with van der Waals surface area (Å²) >= 11 is 0. The molecule has 1 aliphatic rings. The van der Waals surface area contributed by atoms with Gasteiger partial charge in [0.2, 0.25) is 0 Å².